The number of carbonyl (C=O) groups excluding carboxylic acids is 2. The van der Waals surface area contributed by atoms with Gasteiger partial charge in [-0.05, 0) is 42.5 Å². The molecule has 0 unspecified atom stereocenters. The van der Waals surface area contributed by atoms with Gasteiger partial charge in [-0.3, -0.25) is 9.59 Å². The standard InChI is InChI=1S/C18H20N2O3S/c1-13-15-8-10-24-16(15)7-9-20(13)18(22)11-19-17(21)12-23-14-5-3-2-4-6-14/h2-6,8,10,13H,7,9,11-12H2,1H3,(H,19,21)/t13-/m0/s1. The van der Waals surface area contributed by atoms with E-state index in [-0.39, 0.29) is 31.0 Å². The summed E-state index contributed by atoms with van der Waals surface area (Å²) in [6.45, 7) is 2.63. The lowest BCUT2D eigenvalue weighted by molar-refractivity contribution is -0.135. The van der Waals surface area contributed by atoms with Gasteiger partial charge in [0.25, 0.3) is 5.91 Å². The normalized spacial score (nSPS) is 16.4. The van der Waals surface area contributed by atoms with Gasteiger partial charge in [0.05, 0.1) is 12.6 Å². The summed E-state index contributed by atoms with van der Waals surface area (Å²) in [7, 11) is 0. The van der Waals surface area contributed by atoms with Crippen molar-refractivity contribution in [1.82, 2.24) is 10.2 Å². The number of amides is 2. The molecule has 5 nitrogen and oxygen atoms in total. The van der Waals surface area contributed by atoms with Gasteiger partial charge in [0.1, 0.15) is 5.75 Å². The number of rotatable bonds is 5. The number of thiophene rings is 1. The van der Waals surface area contributed by atoms with Crippen LogP contribution in [0.2, 0.25) is 0 Å². The number of nitrogens with zero attached hydrogens (tertiary/aromatic N) is 1. The Morgan fingerprint density at radius 3 is 2.88 bits per heavy atom. The molecule has 1 aliphatic rings. The summed E-state index contributed by atoms with van der Waals surface area (Å²) in [6.07, 6.45) is 0.883. The molecule has 24 heavy (non-hydrogen) atoms. The van der Waals surface area contributed by atoms with Gasteiger partial charge in [-0.15, -0.1) is 11.3 Å². The molecular formula is C18H20N2O3S. The van der Waals surface area contributed by atoms with Crippen molar-refractivity contribution in [2.75, 3.05) is 19.7 Å². The number of benzene rings is 1. The van der Waals surface area contributed by atoms with Crippen molar-refractivity contribution in [2.24, 2.45) is 0 Å². The second-order valence-corrected chi connectivity index (χ2v) is 6.69. The molecule has 0 aliphatic carbocycles. The lowest BCUT2D eigenvalue weighted by Gasteiger charge is -2.33. The average molecular weight is 344 g/mol. The zero-order valence-corrected chi connectivity index (χ0v) is 14.3. The summed E-state index contributed by atoms with van der Waals surface area (Å²) >= 11 is 1.74. The van der Waals surface area contributed by atoms with E-state index in [4.69, 9.17) is 4.74 Å². The second-order valence-electron chi connectivity index (χ2n) is 5.69. The highest BCUT2D eigenvalue weighted by atomic mass is 32.1. The molecule has 2 aromatic rings. The Balaban J connectivity index is 1.46. The van der Waals surface area contributed by atoms with Crippen LogP contribution in [-0.4, -0.2) is 36.4 Å². The Hall–Kier alpha value is -2.34. The van der Waals surface area contributed by atoms with E-state index in [2.05, 4.69) is 16.8 Å². The number of nitrogens with one attached hydrogen (secondary N) is 1. The molecule has 1 aliphatic heterocycles. The Morgan fingerprint density at radius 2 is 2.08 bits per heavy atom. The fourth-order valence-electron chi connectivity index (χ4n) is 2.84. The molecule has 0 saturated heterocycles. The van der Waals surface area contributed by atoms with Gasteiger partial charge >= 0.3 is 0 Å². The summed E-state index contributed by atoms with van der Waals surface area (Å²) in [6, 6.07) is 11.3. The molecular weight excluding hydrogens is 324 g/mol. The quantitative estimate of drug-likeness (QED) is 0.906. The largest absolute Gasteiger partial charge is 0.484 e. The fourth-order valence-corrected chi connectivity index (χ4v) is 3.81. The maximum absolute atomic E-state index is 12.4. The predicted molar refractivity (Wildman–Crippen MR) is 93.1 cm³/mol. The highest BCUT2D eigenvalue weighted by molar-refractivity contribution is 7.10. The molecule has 1 aromatic heterocycles. The minimum atomic E-state index is -0.298. The first-order valence-corrected chi connectivity index (χ1v) is 8.83. The first-order chi connectivity index (χ1) is 11.6. The minimum absolute atomic E-state index is 0.000787. The zero-order chi connectivity index (χ0) is 16.9. The van der Waals surface area contributed by atoms with Crippen LogP contribution >= 0.6 is 11.3 Å². The molecule has 2 heterocycles. The van der Waals surface area contributed by atoms with E-state index in [0.29, 0.717) is 12.3 Å². The van der Waals surface area contributed by atoms with Gasteiger partial charge in [0, 0.05) is 11.4 Å². The molecule has 0 fully saturated rings. The SMILES string of the molecule is C[C@H]1c2ccsc2CCN1C(=O)CNC(=O)COc1ccccc1. The maximum atomic E-state index is 12.4. The minimum Gasteiger partial charge on any atom is -0.484 e. The average Bonchev–Trinajstić information content (AvgIpc) is 3.09. The van der Waals surface area contributed by atoms with E-state index >= 15 is 0 Å². The summed E-state index contributed by atoms with van der Waals surface area (Å²) in [4.78, 5) is 27.4. The Morgan fingerprint density at radius 1 is 1.29 bits per heavy atom. The number of ether oxygens (including phenoxy) is 1. The summed E-state index contributed by atoms with van der Waals surface area (Å²) < 4.78 is 5.37. The first kappa shape index (κ1) is 16.5. The molecule has 6 heteroatoms. The number of para-hydroxylation sites is 1. The highest BCUT2D eigenvalue weighted by Crippen LogP contribution is 2.32. The molecule has 126 valence electrons. The third-order valence-electron chi connectivity index (χ3n) is 4.15. The molecule has 1 aromatic carbocycles. The molecule has 0 saturated carbocycles. The van der Waals surface area contributed by atoms with Gasteiger partial charge in [-0.1, -0.05) is 18.2 Å². The van der Waals surface area contributed by atoms with Crippen LogP contribution in [0.25, 0.3) is 0 Å². The van der Waals surface area contributed by atoms with E-state index in [1.54, 1.807) is 23.5 Å². The second kappa shape index (κ2) is 7.49. The van der Waals surface area contributed by atoms with Gasteiger partial charge in [-0.2, -0.15) is 0 Å². The number of hydrogen-bond donors (Lipinski definition) is 1. The topological polar surface area (TPSA) is 58.6 Å². The van der Waals surface area contributed by atoms with Gasteiger partial charge in [-0.25, -0.2) is 0 Å². The predicted octanol–water partition coefficient (Wildman–Crippen LogP) is 2.39. The summed E-state index contributed by atoms with van der Waals surface area (Å²) in [5.74, 6) is 0.272. The molecule has 1 N–H and O–H groups in total. The number of hydrogen-bond acceptors (Lipinski definition) is 4. The van der Waals surface area contributed by atoms with Crippen molar-refractivity contribution in [3.63, 3.8) is 0 Å². The first-order valence-electron chi connectivity index (χ1n) is 7.95. The third kappa shape index (κ3) is 3.76. The van der Waals surface area contributed by atoms with Crippen LogP contribution in [0.3, 0.4) is 0 Å². The Labute approximate surface area is 145 Å². The van der Waals surface area contributed by atoms with Crippen molar-refractivity contribution in [2.45, 2.75) is 19.4 Å². The lowest BCUT2D eigenvalue weighted by atomic mass is 10.0. The van der Waals surface area contributed by atoms with Crippen molar-refractivity contribution in [3.8, 4) is 5.75 Å². The van der Waals surface area contributed by atoms with Crippen LogP contribution < -0.4 is 10.1 Å². The summed E-state index contributed by atoms with van der Waals surface area (Å²) in [5.41, 5.74) is 1.22. The van der Waals surface area contributed by atoms with E-state index in [9.17, 15) is 9.59 Å². The van der Waals surface area contributed by atoms with E-state index in [1.165, 1.54) is 10.4 Å². The van der Waals surface area contributed by atoms with Crippen molar-refractivity contribution < 1.29 is 14.3 Å². The van der Waals surface area contributed by atoms with Gasteiger partial charge in [0.2, 0.25) is 5.91 Å². The molecule has 1 atom stereocenters. The Bertz CT molecular complexity index is 714. The highest BCUT2D eigenvalue weighted by Gasteiger charge is 2.28. The summed E-state index contributed by atoms with van der Waals surface area (Å²) in [5, 5.41) is 4.70. The van der Waals surface area contributed by atoms with Crippen LogP contribution in [0.1, 0.15) is 23.4 Å². The van der Waals surface area contributed by atoms with Crippen LogP contribution in [0, 0.1) is 0 Å². The van der Waals surface area contributed by atoms with E-state index < -0.39 is 0 Å². The maximum Gasteiger partial charge on any atom is 0.258 e. The van der Waals surface area contributed by atoms with Crippen LogP contribution in [0.4, 0.5) is 0 Å². The molecule has 3 rings (SSSR count). The monoisotopic (exact) mass is 344 g/mol. The lowest BCUT2D eigenvalue weighted by Crippen LogP contribution is -2.44. The number of carbonyl (C=O) groups is 2. The molecule has 0 spiro atoms. The molecule has 0 bridgehead atoms. The molecule has 2 amide bonds. The fraction of sp³-hybridized carbons (Fsp3) is 0.333. The van der Waals surface area contributed by atoms with Gasteiger partial charge in [0.15, 0.2) is 6.61 Å². The Kier molecular flexibility index (Phi) is 5.15. The van der Waals surface area contributed by atoms with Crippen molar-refractivity contribution in [3.05, 3.63) is 52.2 Å². The third-order valence-corrected chi connectivity index (χ3v) is 5.14. The smallest absolute Gasteiger partial charge is 0.258 e. The van der Waals surface area contributed by atoms with Crippen LogP contribution in [-0.2, 0) is 16.0 Å². The van der Waals surface area contributed by atoms with E-state index in [1.807, 2.05) is 30.0 Å². The molecule has 0 radical (unpaired) electrons. The van der Waals surface area contributed by atoms with Crippen LogP contribution in [0.15, 0.2) is 41.8 Å². The van der Waals surface area contributed by atoms with Crippen molar-refractivity contribution >= 4 is 23.2 Å². The van der Waals surface area contributed by atoms with Crippen LogP contribution in [0.5, 0.6) is 5.75 Å². The van der Waals surface area contributed by atoms with Gasteiger partial charge < -0.3 is 15.0 Å². The van der Waals surface area contributed by atoms with E-state index in [0.717, 1.165) is 6.42 Å². The van der Waals surface area contributed by atoms with Crippen molar-refractivity contribution in [1.29, 1.82) is 0 Å². The number of fused-ring (bicyclic) bond motifs is 1. The zero-order valence-electron chi connectivity index (χ0n) is 13.5.